The second-order valence-corrected chi connectivity index (χ2v) is 6.99. The Balaban J connectivity index is 1.44. The zero-order valence-electron chi connectivity index (χ0n) is 14.5. The molecule has 26 heavy (non-hydrogen) atoms. The van der Waals surface area contributed by atoms with Crippen molar-refractivity contribution in [3.8, 4) is 0 Å². The highest BCUT2D eigenvalue weighted by Gasteiger charge is 2.35. The van der Waals surface area contributed by atoms with Gasteiger partial charge in [-0.2, -0.15) is 0 Å². The minimum atomic E-state index is -0.194. The van der Waals surface area contributed by atoms with E-state index in [4.69, 9.17) is 0 Å². The molecule has 3 aromatic rings. The molecule has 4 rings (SSSR count). The minimum absolute atomic E-state index is 0.0291. The number of rotatable bonds is 6. The quantitative estimate of drug-likeness (QED) is 0.704. The van der Waals surface area contributed by atoms with Gasteiger partial charge in [-0.3, -0.25) is 4.79 Å². The summed E-state index contributed by atoms with van der Waals surface area (Å²) in [4.78, 5) is 13.7. The van der Waals surface area contributed by atoms with Crippen molar-refractivity contribution in [3.63, 3.8) is 0 Å². The van der Waals surface area contributed by atoms with Crippen molar-refractivity contribution in [2.45, 2.75) is 25.4 Å². The van der Waals surface area contributed by atoms with Crippen LogP contribution in [0.15, 0.2) is 66.7 Å². The van der Waals surface area contributed by atoms with E-state index in [-0.39, 0.29) is 11.7 Å². The van der Waals surface area contributed by atoms with Crippen LogP contribution in [0.25, 0.3) is 10.8 Å². The number of fused-ring (bicyclic) bond motifs is 1. The van der Waals surface area contributed by atoms with Crippen LogP contribution < -0.4 is 10.2 Å². The van der Waals surface area contributed by atoms with Crippen LogP contribution in [-0.2, 0) is 11.3 Å². The summed E-state index contributed by atoms with van der Waals surface area (Å²) in [6, 6.07) is 21.3. The van der Waals surface area contributed by atoms with Crippen molar-refractivity contribution in [1.82, 2.24) is 0 Å². The fraction of sp³-hybridized carbons (Fsp3) is 0.227. The minimum Gasteiger partial charge on any atom is -0.321 e. The molecule has 1 aliphatic carbocycles. The molecule has 1 atom stereocenters. The summed E-state index contributed by atoms with van der Waals surface area (Å²) in [5.74, 6) is -0.223. The highest BCUT2D eigenvalue weighted by Crippen LogP contribution is 2.19. The lowest BCUT2D eigenvalue weighted by atomic mass is 10.1. The van der Waals surface area contributed by atoms with Gasteiger partial charge in [-0.05, 0) is 29.0 Å². The smallest absolute Gasteiger partial charge is 0.279 e. The monoisotopic (exact) mass is 349 g/mol. The molecule has 3 nitrogen and oxygen atoms in total. The summed E-state index contributed by atoms with van der Waals surface area (Å²) in [5.41, 5.74) is 1.47. The third-order valence-electron chi connectivity index (χ3n) is 4.95. The Hall–Kier alpha value is -2.72. The number of halogens is 1. The lowest BCUT2D eigenvalue weighted by molar-refractivity contribution is -0.917. The molecular weight excluding hydrogens is 327 g/mol. The molecule has 0 aliphatic heterocycles. The van der Waals surface area contributed by atoms with Gasteiger partial charge in [0.05, 0.1) is 6.04 Å². The van der Waals surface area contributed by atoms with Gasteiger partial charge >= 0.3 is 0 Å². The molecule has 0 heterocycles. The van der Waals surface area contributed by atoms with Crippen LogP contribution in [0.4, 0.5) is 10.1 Å². The standard InChI is InChI=1S/C22H21FN2O/c23-21-8-4-3-7-18(21)14-25(20-11-12-20)15-22(26)24-19-10-9-16-5-1-2-6-17(16)13-19/h1-10,13,20H,11-12,14-15H2,(H,24,26)/p+1. The Morgan fingerprint density at radius 2 is 1.73 bits per heavy atom. The number of carbonyl (C=O) groups excluding carboxylic acids is 1. The highest BCUT2D eigenvalue weighted by molar-refractivity contribution is 5.94. The van der Waals surface area contributed by atoms with E-state index in [1.54, 1.807) is 12.1 Å². The van der Waals surface area contributed by atoms with Crippen LogP contribution in [0, 0.1) is 5.82 Å². The lowest BCUT2D eigenvalue weighted by Crippen LogP contribution is -3.13. The van der Waals surface area contributed by atoms with Gasteiger partial charge in [0, 0.05) is 24.1 Å². The summed E-state index contributed by atoms with van der Waals surface area (Å²) in [7, 11) is 0. The molecule has 2 N–H and O–H groups in total. The first kappa shape index (κ1) is 16.7. The molecule has 0 radical (unpaired) electrons. The van der Waals surface area contributed by atoms with Gasteiger partial charge in [-0.1, -0.05) is 48.5 Å². The molecule has 3 aromatic carbocycles. The summed E-state index contributed by atoms with van der Waals surface area (Å²) in [6.45, 7) is 0.897. The average Bonchev–Trinajstić information content (AvgIpc) is 3.48. The second kappa shape index (κ2) is 7.26. The van der Waals surface area contributed by atoms with Crippen LogP contribution in [0.5, 0.6) is 0 Å². The molecule has 0 bridgehead atoms. The molecule has 0 saturated heterocycles. The normalized spacial score (nSPS) is 15.0. The van der Waals surface area contributed by atoms with Crippen LogP contribution >= 0.6 is 0 Å². The van der Waals surface area contributed by atoms with Crippen molar-refractivity contribution >= 4 is 22.4 Å². The van der Waals surface area contributed by atoms with E-state index in [1.165, 1.54) is 6.07 Å². The molecule has 0 aromatic heterocycles. The van der Waals surface area contributed by atoms with Gasteiger partial charge in [0.25, 0.3) is 5.91 Å². The van der Waals surface area contributed by atoms with Crippen molar-refractivity contribution in [2.75, 3.05) is 11.9 Å². The fourth-order valence-corrected chi connectivity index (χ4v) is 3.41. The summed E-state index contributed by atoms with van der Waals surface area (Å²) < 4.78 is 14.0. The van der Waals surface area contributed by atoms with Crippen molar-refractivity contribution in [1.29, 1.82) is 0 Å². The Bertz CT molecular complexity index is 936. The molecule has 1 unspecified atom stereocenters. The van der Waals surface area contributed by atoms with Crippen LogP contribution in [-0.4, -0.2) is 18.5 Å². The van der Waals surface area contributed by atoms with E-state index in [0.717, 1.165) is 34.2 Å². The third kappa shape index (κ3) is 3.92. The third-order valence-corrected chi connectivity index (χ3v) is 4.95. The van der Waals surface area contributed by atoms with Crippen molar-refractivity contribution < 1.29 is 14.1 Å². The summed E-state index contributed by atoms with van der Waals surface area (Å²) in [6.07, 6.45) is 2.21. The lowest BCUT2D eigenvalue weighted by Gasteiger charge is -2.19. The first-order chi connectivity index (χ1) is 12.7. The second-order valence-electron chi connectivity index (χ2n) is 6.99. The molecule has 1 aliphatic rings. The van der Waals surface area contributed by atoms with Gasteiger partial charge < -0.3 is 10.2 Å². The molecule has 0 spiro atoms. The van der Waals surface area contributed by atoms with Gasteiger partial charge in [0.2, 0.25) is 0 Å². The number of nitrogens with one attached hydrogen (secondary N) is 2. The molecule has 1 amide bonds. The van der Waals surface area contributed by atoms with E-state index in [2.05, 4.69) is 5.32 Å². The topological polar surface area (TPSA) is 33.5 Å². The van der Waals surface area contributed by atoms with E-state index >= 15 is 0 Å². The van der Waals surface area contributed by atoms with E-state index in [9.17, 15) is 9.18 Å². The van der Waals surface area contributed by atoms with Gasteiger partial charge in [0.15, 0.2) is 6.54 Å². The number of hydrogen-bond acceptors (Lipinski definition) is 1. The van der Waals surface area contributed by atoms with Crippen LogP contribution in [0.1, 0.15) is 18.4 Å². The number of anilines is 1. The van der Waals surface area contributed by atoms with E-state index < -0.39 is 0 Å². The summed E-state index contributed by atoms with van der Waals surface area (Å²) >= 11 is 0. The maximum atomic E-state index is 14.0. The van der Waals surface area contributed by atoms with Gasteiger partial charge in [-0.15, -0.1) is 0 Å². The SMILES string of the molecule is O=C(C[NH+](Cc1ccccc1F)C1CC1)Nc1ccc2ccccc2c1. The predicted molar refractivity (Wildman–Crippen MR) is 102 cm³/mol. The molecule has 4 heteroatoms. The fourth-order valence-electron chi connectivity index (χ4n) is 3.41. The number of benzene rings is 3. The van der Waals surface area contributed by atoms with Crippen LogP contribution in [0.3, 0.4) is 0 Å². The van der Waals surface area contributed by atoms with Gasteiger partial charge in [0.1, 0.15) is 12.4 Å². The first-order valence-corrected chi connectivity index (χ1v) is 9.06. The Morgan fingerprint density at radius 3 is 2.50 bits per heavy atom. The van der Waals surface area contributed by atoms with Gasteiger partial charge in [-0.25, -0.2) is 4.39 Å². The number of hydrogen-bond donors (Lipinski definition) is 2. The maximum Gasteiger partial charge on any atom is 0.279 e. The average molecular weight is 349 g/mol. The Labute approximate surface area is 152 Å². The Kier molecular flexibility index (Phi) is 4.67. The van der Waals surface area contributed by atoms with Crippen molar-refractivity contribution in [2.24, 2.45) is 0 Å². The largest absolute Gasteiger partial charge is 0.321 e. The first-order valence-electron chi connectivity index (χ1n) is 9.06. The van der Waals surface area contributed by atoms with Crippen molar-refractivity contribution in [3.05, 3.63) is 78.1 Å². The molecule has 1 fully saturated rings. The van der Waals surface area contributed by atoms with E-state index in [1.807, 2.05) is 48.5 Å². The number of quaternary nitrogens is 1. The number of carbonyl (C=O) groups is 1. The molecule has 1 saturated carbocycles. The zero-order chi connectivity index (χ0) is 17.9. The van der Waals surface area contributed by atoms with Crippen LogP contribution in [0.2, 0.25) is 0 Å². The predicted octanol–water partition coefficient (Wildman–Crippen LogP) is 3.16. The highest BCUT2D eigenvalue weighted by atomic mass is 19.1. The zero-order valence-corrected chi connectivity index (χ0v) is 14.5. The number of amides is 1. The molecular formula is C22H22FN2O+. The Morgan fingerprint density at radius 1 is 1.00 bits per heavy atom. The summed E-state index contributed by atoms with van der Waals surface area (Å²) in [5, 5.41) is 5.24. The van der Waals surface area contributed by atoms with E-state index in [0.29, 0.717) is 24.7 Å². The molecule has 132 valence electrons. The maximum absolute atomic E-state index is 14.0.